The molecule has 0 aliphatic heterocycles. The summed E-state index contributed by atoms with van der Waals surface area (Å²) in [5.41, 5.74) is 3.41. The van der Waals surface area contributed by atoms with E-state index in [1.807, 2.05) is 37.3 Å². The minimum atomic E-state index is 0.840. The van der Waals surface area contributed by atoms with Crippen LogP contribution < -0.4 is 0 Å². The SMILES string of the molecule is C=C/C(=C(\C=C/C)OC)c1ccccc1C. The fraction of sp³-hybridized carbons (Fsp3) is 0.200. The maximum Gasteiger partial charge on any atom is 0.126 e. The lowest BCUT2D eigenvalue weighted by Crippen LogP contribution is -1.92. The Morgan fingerprint density at radius 2 is 2.00 bits per heavy atom. The van der Waals surface area contributed by atoms with Crippen molar-refractivity contribution in [2.45, 2.75) is 13.8 Å². The first kappa shape index (κ1) is 12.3. The number of methoxy groups -OCH3 is 1. The van der Waals surface area contributed by atoms with Crippen LogP contribution in [-0.4, -0.2) is 7.11 Å². The van der Waals surface area contributed by atoms with Gasteiger partial charge in [0.2, 0.25) is 0 Å². The fourth-order valence-corrected chi connectivity index (χ4v) is 1.64. The molecular weight excluding hydrogens is 196 g/mol. The molecule has 0 heterocycles. The van der Waals surface area contributed by atoms with E-state index < -0.39 is 0 Å². The second kappa shape index (κ2) is 5.96. The summed E-state index contributed by atoms with van der Waals surface area (Å²) >= 11 is 0. The molecule has 0 saturated carbocycles. The smallest absolute Gasteiger partial charge is 0.126 e. The monoisotopic (exact) mass is 214 g/mol. The summed E-state index contributed by atoms with van der Waals surface area (Å²) < 4.78 is 5.37. The molecule has 0 bridgehead atoms. The van der Waals surface area contributed by atoms with Crippen molar-refractivity contribution >= 4 is 5.57 Å². The van der Waals surface area contributed by atoms with Crippen LogP contribution in [0.15, 0.2) is 54.8 Å². The van der Waals surface area contributed by atoms with E-state index in [1.165, 1.54) is 5.56 Å². The highest BCUT2D eigenvalue weighted by molar-refractivity contribution is 5.78. The zero-order chi connectivity index (χ0) is 12.0. The summed E-state index contributed by atoms with van der Waals surface area (Å²) in [5, 5.41) is 0. The number of aryl methyl sites for hydroxylation is 1. The van der Waals surface area contributed by atoms with E-state index in [0.29, 0.717) is 0 Å². The van der Waals surface area contributed by atoms with Crippen molar-refractivity contribution in [2.24, 2.45) is 0 Å². The second-order valence-corrected chi connectivity index (χ2v) is 3.50. The zero-order valence-electron chi connectivity index (χ0n) is 10.2. The largest absolute Gasteiger partial charge is 0.496 e. The predicted molar refractivity (Wildman–Crippen MR) is 70.1 cm³/mol. The number of ether oxygens (including phenoxy) is 1. The Kier molecular flexibility index (Phi) is 4.59. The van der Waals surface area contributed by atoms with Crippen LogP contribution in [0, 0.1) is 6.92 Å². The lowest BCUT2D eigenvalue weighted by atomic mass is 9.99. The van der Waals surface area contributed by atoms with E-state index >= 15 is 0 Å². The maximum absolute atomic E-state index is 5.37. The van der Waals surface area contributed by atoms with Crippen molar-refractivity contribution < 1.29 is 4.74 Å². The van der Waals surface area contributed by atoms with E-state index in [-0.39, 0.29) is 0 Å². The third kappa shape index (κ3) is 2.63. The molecule has 0 saturated heterocycles. The molecule has 0 amide bonds. The van der Waals surface area contributed by atoms with Gasteiger partial charge in [0.25, 0.3) is 0 Å². The van der Waals surface area contributed by atoms with Crippen LogP contribution in [0.3, 0.4) is 0 Å². The average Bonchev–Trinajstić information content (AvgIpc) is 2.31. The molecule has 0 radical (unpaired) electrons. The Bertz CT molecular complexity index is 425. The first-order chi connectivity index (χ1) is 7.74. The van der Waals surface area contributed by atoms with Gasteiger partial charge in [0.1, 0.15) is 5.76 Å². The van der Waals surface area contributed by atoms with Crippen LogP contribution in [0.25, 0.3) is 5.57 Å². The number of hydrogen-bond donors (Lipinski definition) is 0. The molecule has 0 atom stereocenters. The average molecular weight is 214 g/mol. The minimum Gasteiger partial charge on any atom is -0.496 e. The van der Waals surface area contributed by atoms with Crippen LogP contribution in [0.2, 0.25) is 0 Å². The lowest BCUT2D eigenvalue weighted by molar-refractivity contribution is 0.309. The molecule has 1 heteroatoms. The fourth-order valence-electron chi connectivity index (χ4n) is 1.64. The Labute approximate surface area is 97.8 Å². The molecule has 0 aliphatic rings. The summed E-state index contributed by atoms with van der Waals surface area (Å²) in [5.74, 6) is 0.840. The van der Waals surface area contributed by atoms with Crippen LogP contribution in [0.4, 0.5) is 0 Å². The van der Waals surface area contributed by atoms with Crippen LogP contribution in [0.5, 0.6) is 0 Å². The van der Waals surface area contributed by atoms with E-state index in [9.17, 15) is 0 Å². The van der Waals surface area contributed by atoms with Gasteiger partial charge in [0.05, 0.1) is 7.11 Å². The number of benzene rings is 1. The number of allylic oxidation sites excluding steroid dienone is 4. The summed E-state index contributed by atoms with van der Waals surface area (Å²) in [6, 6.07) is 8.22. The van der Waals surface area contributed by atoms with Crippen LogP contribution in [-0.2, 0) is 4.74 Å². The van der Waals surface area contributed by atoms with Gasteiger partial charge in [-0.1, -0.05) is 43.0 Å². The topological polar surface area (TPSA) is 9.23 Å². The minimum absolute atomic E-state index is 0.840. The molecule has 16 heavy (non-hydrogen) atoms. The first-order valence-electron chi connectivity index (χ1n) is 5.34. The van der Waals surface area contributed by atoms with E-state index in [0.717, 1.165) is 16.9 Å². The van der Waals surface area contributed by atoms with E-state index in [1.54, 1.807) is 7.11 Å². The molecule has 1 aromatic carbocycles. The maximum atomic E-state index is 5.37. The van der Waals surface area contributed by atoms with Crippen molar-refractivity contribution in [1.29, 1.82) is 0 Å². The summed E-state index contributed by atoms with van der Waals surface area (Å²) in [6.07, 6.45) is 5.74. The van der Waals surface area contributed by atoms with Gasteiger partial charge in [-0.25, -0.2) is 0 Å². The molecule has 0 spiro atoms. The molecule has 1 aromatic rings. The van der Waals surface area contributed by atoms with Crippen molar-refractivity contribution in [3.05, 3.63) is 66.0 Å². The van der Waals surface area contributed by atoms with Crippen molar-refractivity contribution in [3.8, 4) is 0 Å². The summed E-state index contributed by atoms with van der Waals surface area (Å²) in [6.45, 7) is 7.91. The van der Waals surface area contributed by atoms with Crippen LogP contribution in [0.1, 0.15) is 18.1 Å². The molecule has 0 aromatic heterocycles. The molecule has 0 N–H and O–H groups in total. The summed E-state index contributed by atoms with van der Waals surface area (Å²) in [7, 11) is 1.68. The quantitative estimate of drug-likeness (QED) is 0.541. The standard InChI is InChI=1S/C15H18O/c1-5-9-15(16-4)13(6-2)14-11-8-7-10-12(14)3/h5-11H,2H2,1,3-4H3/b9-5-,15-13-. The van der Waals surface area contributed by atoms with Crippen molar-refractivity contribution in [2.75, 3.05) is 7.11 Å². The lowest BCUT2D eigenvalue weighted by Gasteiger charge is -2.10. The van der Waals surface area contributed by atoms with Crippen molar-refractivity contribution in [1.82, 2.24) is 0 Å². The van der Waals surface area contributed by atoms with Crippen molar-refractivity contribution in [3.63, 3.8) is 0 Å². The van der Waals surface area contributed by atoms with E-state index in [4.69, 9.17) is 4.74 Å². The summed E-state index contributed by atoms with van der Waals surface area (Å²) in [4.78, 5) is 0. The van der Waals surface area contributed by atoms with Crippen LogP contribution >= 0.6 is 0 Å². The van der Waals surface area contributed by atoms with Gasteiger partial charge >= 0.3 is 0 Å². The molecule has 0 fully saturated rings. The van der Waals surface area contributed by atoms with Gasteiger partial charge in [-0.15, -0.1) is 0 Å². The Balaban J connectivity index is 3.36. The Morgan fingerprint density at radius 3 is 2.50 bits per heavy atom. The third-order valence-electron chi connectivity index (χ3n) is 2.44. The molecule has 1 rings (SSSR count). The van der Waals surface area contributed by atoms with Gasteiger partial charge in [0.15, 0.2) is 0 Å². The molecule has 0 aliphatic carbocycles. The highest BCUT2D eigenvalue weighted by Gasteiger charge is 2.06. The van der Waals surface area contributed by atoms with Gasteiger partial charge in [-0.2, -0.15) is 0 Å². The van der Waals surface area contributed by atoms with Gasteiger partial charge in [-0.05, 0) is 31.1 Å². The predicted octanol–water partition coefficient (Wildman–Crippen LogP) is 4.11. The highest BCUT2D eigenvalue weighted by Crippen LogP contribution is 2.24. The normalized spacial score (nSPS) is 12.4. The van der Waals surface area contributed by atoms with Gasteiger partial charge in [-0.3, -0.25) is 0 Å². The highest BCUT2D eigenvalue weighted by atomic mass is 16.5. The van der Waals surface area contributed by atoms with Gasteiger partial charge in [0, 0.05) is 5.57 Å². The molecular formula is C15H18O. The number of rotatable bonds is 4. The third-order valence-corrected chi connectivity index (χ3v) is 2.44. The molecule has 84 valence electrons. The Morgan fingerprint density at radius 1 is 1.31 bits per heavy atom. The Hall–Kier alpha value is -1.76. The van der Waals surface area contributed by atoms with E-state index in [2.05, 4.69) is 25.6 Å². The molecule has 1 nitrogen and oxygen atoms in total. The first-order valence-corrected chi connectivity index (χ1v) is 5.34. The molecule has 0 unspecified atom stereocenters. The number of hydrogen-bond acceptors (Lipinski definition) is 1. The van der Waals surface area contributed by atoms with Gasteiger partial charge < -0.3 is 4.74 Å². The zero-order valence-corrected chi connectivity index (χ0v) is 10.2. The second-order valence-electron chi connectivity index (χ2n) is 3.50.